The van der Waals surface area contributed by atoms with Gasteiger partial charge in [0.15, 0.2) is 9.84 Å². The van der Waals surface area contributed by atoms with Gasteiger partial charge in [-0.15, -0.1) is 0 Å². The van der Waals surface area contributed by atoms with Crippen LogP contribution in [0.1, 0.15) is 51.0 Å². The average molecular weight is 849 g/mol. The molecular weight excluding hydrogens is 791 g/mol. The van der Waals surface area contributed by atoms with Crippen molar-refractivity contribution in [2.24, 2.45) is 23.2 Å². The maximum Gasteiger partial charge on any atom is 0.406 e. The Hall–Kier alpha value is -3.73. The molecule has 16 heteroatoms. The van der Waals surface area contributed by atoms with Gasteiger partial charge in [-0.05, 0) is 98.5 Å². The van der Waals surface area contributed by atoms with Crippen LogP contribution in [0.25, 0.3) is 0 Å². The van der Waals surface area contributed by atoms with Gasteiger partial charge in [-0.2, -0.15) is 13.5 Å². The Kier molecular flexibility index (Phi) is 14.9. The molecule has 2 aromatic carbocycles. The number of anilines is 1. The van der Waals surface area contributed by atoms with Crippen molar-refractivity contribution in [3.05, 3.63) is 72.3 Å². The maximum absolute atomic E-state index is 15.7. The number of rotatable bonds is 13. The minimum Gasteiger partial charge on any atom is -0.469 e. The Labute approximate surface area is 348 Å². The lowest BCUT2D eigenvalue weighted by Crippen LogP contribution is -2.61. The van der Waals surface area contributed by atoms with Crippen molar-refractivity contribution in [3.8, 4) is 0 Å². The van der Waals surface area contributed by atoms with Crippen LogP contribution in [0.3, 0.4) is 0 Å². The number of ether oxygens (including phenoxy) is 3. The van der Waals surface area contributed by atoms with Gasteiger partial charge in [-0.1, -0.05) is 32.1 Å². The molecule has 0 radical (unpaired) electrons. The SMILES string of the molecule is C=CC(=O)N1CCOC[C@@H](S(=O)(=O)c2ccc(N3CC(C)(CN4CCC([C@@](CNC(=O)OC)(c5cccc(F)c5)[C@H]5CCC[C@@H]5CC(=O)OC)CC4)C3)c(F)c2)C1.S. The molecule has 6 rings (SSSR count). The summed E-state index contributed by atoms with van der Waals surface area (Å²) in [5.74, 6) is -1.56. The van der Waals surface area contributed by atoms with Gasteiger partial charge in [0, 0.05) is 56.5 Å². The van der Waals surface area contributed by atoms with Crippen molar-refractivity contribution in [1.29, 1.82) is 0 Å². The third-order valence-electron chi connectivity index (χ3n) is 12.9. The molecule has 4 aliphatic rings. The van der Waals surface area contributed by atoms with Crippen LogP contribution in [0.4, 0.5) is 19.3 Å². The molecule has 1 N–H and O–H groups in total. The third kappa shape index (κ3) is 9.66. The van der Waals surface area contributed by atoms with E-state index in [0.717, 1.165) is 69.4 Å². The first kappa shape index (κ1) is 45.4. The number of carbonyl (C=O) groups excluding carboxylic acids is 3. The summed E-state index contributed by atoms with van der Waals surface area (Å²) >= 11 is 0. The molecule has 12 nitrogen and oxygen atoms in total. The molecule has 320 valence electrons. The van der Waals surface area contributed by atoms with Crippen molar-refractivity contribution in [2.75, 3.05) is 84.7 Å². The molecule has 4 fully saturated rings. The lowest BCUT2D eigenvalue weighted by molar-refractivity contribution is -0.142. The fourth-order valence-corrected chi connectivity index (χ4v) is 11.7. The summed E-state index contributed by atoms with van der Waals surface area (Å²) < 4.78 is 73.3. The van der Waals surface area contributed by atoms with Crippen LogP contribution >= 0.6 is 13.5 Å². The number of nitrogens with one attached hydrogen (secondary N) is 1. The Balaban J connectivity index is 0.00000641. The zero-order valence-electron chi connectivity index (χ0n) is 33.7. The number of amides is 2. The van der Waals surface area contributed by atoms with E-state index < -0.39 is 32.4 Å². The van der Waals surface area contributed by atoms with Crippen LogP contribution in [0.2, 0.25) is 0 Å². The number of nitrogens with zero attached hydrogens (tertiary/aromatic N) is 3. The fraction of sp³-hybridized carbons (Fsp3) is 0.595. The van der Waals surface area contributed by atoms with E-state index in [0.29, 0.717) is 18.8 Å². The van der Waals surface area contributed by atoms with Gasteiger partial charge in [0.2, 0.25) is 5.91 Å². The predicted molar refractivity (Wildman–Crippen MR) is 221 cm³/mol. The molecule has 0 bridgehead atoms. The number of benzene rings is 2. The van der Waals surface area contributed by atoms with E-state index in [-0.39, 0.29) is 98.5 Å². The monoisotopic (exact) mass is 848 g/mol. The third-order valence-corrected chi connectivity index (χ3v) is 14.9. The second kappa shape index (κ2) is 19.1. The summed E-state index contributed by atoms with van der Waals surface area (Å²) in [5.41, 5.74) is 0.347. The Morgan fingerprint density at radius 2 is 1.78 bits per heavy atom. The quantitative estimate of drug-likeness (QED) is 0.215. The van der Waals surface area contributed by atoms with Crippen LogP contribution in [-0.4, -0.2) is 121 Å². The van der Waals surface area contributed by atoms with E-state index in [4.69, 9.17) is 14.2 Å². The highest BCUT2D eigenvalue weighted by Crippen LogP contribution is 2.53. The number of sulfone groups is 1. The molecule has 3 saturated heterocycles. The van der Waals surface area contributed by atoms with Crippen molar-refractivity contribution < 1.29 is 45.8 Å². The molecule has 0 unspecified atom stereocenters. The number of hydrogen-bond acceptors (Lipinski definition) is 10. The van der Waals surface area contributed by atoms with Gasteiger partial charge in [-0.25, -0.2) is 22.0 Å². The van der Waals surface area contributed by atoms with E-state index in [1.807, 2.05) is 11.0 Å². The van der Waals surface area contributed by atoms with E-state index in [1.54, 1.807) is 12.1 Å². The summed E-state index contributed by atoms with van der Waals surface area (Å²) in [4.78, 5) is 43.0. The standard InChI is InChI=1S/C42H56F2N4O8S.H2S/c1-5-38(49)47-18-19-56-24-34(23-47)57(52,53)33-12-13-37(36(44)22-33)48-27-41(2,28-48)26-46-16-14-30(15-17-46)42(25-45-40(51)55-4,31-9-7-10-32(43)21-31)35-11-6-8-29(35)20-39(50)54-3;/h5,7,9-10,12-13,21-22,29-30,34-35H,1,6,8,11,14-20,23-28H2,2-4H3,(H,45,51);1H2/t29-,34+,35+,42+;/m1./s1. The van der Waals surface area contributed by atoms with E-state index in [2.05, 4.69) is 23.7 Å². The molecule has 0 spiro atoms. The van der Waals surface area contributed by atoms with Crippen LogP contribution < -0.4 is 10.2 Å². The van der Waals surface area contributed by atoms with Gasteiger partial charge in [0.1, 0.15) is 16.9 Å². The molecule has 3 aliphatic heterocycles. The highest BCUT2D eigenvalue weighted by molar-refractivity contribution is 7.92. The Bertz CT molecular complexity index is 1910. The van der Waals surface area contributed by atoms with Gasteiger partial charge in [-0.3, -0.25) is 9.59 Å². The van der Waals surface area contributed by atoms with E-state index in [9.17, 15) is 27.2 Å². The summed E-state index contributed by atoms with van der Waals surface area (Å²) in [5, 5.41) is 1.94. The zero-order valence-corrected chi connectivity index (χ0v) is 35.5. The number of methoxy groups -OCH3 is 2. The van der Waals surface area contributed by atoms with Crippen LogP contribution in [-0.2, 0) is 39.1 Å². The fourth-order valence-electron chi connectivity index (χ4n) is 10.2. The van der Waals surface area contributed by atoms with Gasteiger partial charge in [0.25, 0.3) is 0 Å². The first-order valence-corrected chi connectivity index (χ1v) is 21.4. The van der Waals surface area contributed by atoms with Crippen LogP contribution in [0.5, 0.6) is 0 Å². The molecule has 2 aromatic rings. The van der Waals surface area contributed by atoms with Crippen molar-refractivity contribution in [2.45, 2.75) is 61.0 Å². The second-order valence-corrected chi connectivity index (χ2v) is 18.8. The number of likely N-dealkylation sites (tertiary alicyclic amines) is 1. The van der Waals surface area contributed by atoms with Crippen LogP contribution in [0.15, 0.2) is 60.0 Å². The second-order valence-electron chi connectivity index (χ2n) is 16.5. The van der Waals surface area contributed by atoms with Crippen molar-refractivity contribution in [1.82, 2.24) is 15.1 Å². The largest absolute Gasteiger partial charge is 0.469 e. The Morgan fingerprint density at radius 3 is 2.43 bits per heavy atom. The number of carbonyl (C=O) groups is 3. The van der Waals surface area contributed by atoms with Crippen molar-refractivity contribution >= 4 is 47.0 Å². The first-order valence-electron chi connectivity index (χ1n) is 19.9. The molecule has 4 atom stereocenters. The molecule has 3 heterocycles. The van der Waals surface area contributed by atoms with E-state index >= 15 is 4.39 Å². The molecule has 0 aromatic heterocycles. The van der Waals surface area contributed by atoms with Gasteiger partial charge in [0.05, 0.1) is 38.0 Å². The number of hydrogen-bond donors (Lipinski definition) is 1. The minimum absolute atomic E-state index is 0. The summed E-state index contributed by atoms with van der Waals surface area (Å²) in [6.07, 6.45) is 5.01. The number of piperidine rings is 1. The first-order chi connectivity index (χ1) is 27.2. The molecule has 2 amide bonds. The lowest BCUT2D eigenvalue weighted by Gasteiger charge is -2.54. The predicted octanol–water partition coefficient (Wildman–Crippen LogP) is 5.08. The Morgan fingerprint density at radius 1 is 1.03 bits per heavy atom. The van der Waals surface area contributed by atoms with Crippen molar-refractivity contribution in [3.63, 3.8) is 0 Å². The smallest absolute Gasteiger partial charge is 0.406 e. The number of esters is 1. The minimum atomic E-state index is -4.00. The van der Waals surface area contributed by atoms with Crippen LogP contribution in [0, 0.1) is 34.8 Å². The van der Waals surface area contributed by atoms with Gasteiger partial charge >= 0.3 is 12.1 Å². The molecular formula is C42H58F2N4O8S2. The maximum atomic E-state index is 15.7. The summed E-state index contributed by atoms with van der Waals surface area (Å²) in [7, 11) is -1.29. The highest BCUT2D eigenvalue weighted by Gasteiger charge is 2.52. The molecule has 1 aliphatic carbocycles. The summed E-state index contributed by atoms with van der Waals surface area (Å²) in [6.45, 7) is 9.67. The topological polar surface area (TPSA) is 135 Å². The number of alkyl carbamates (subject to hydrolysis) is 1. The highest BCUT2D eigenvalue weighted by atomic mass is 32.2. The number of halogens is 2. The zero-order chi connectivity index (χ0) is 41.0. The molecule has 1 saturated carbocycles. The van der Waals surface area contributed by atoms with E-state index in [1.165, 1.54) is 37.3 Å². The average Bonchev–Trinajstić information content (AvgIpc) is 3.49. The molecule has 58 heavy (non-hydrogen) atoms. The summed E-state index contributed by atoms with van der Waals surface area (Å²) in [6, 6.07) is 10.7. The van der Waals surface area contributed by atoms with Gasteiger partial charge < -0.3 is 34.2 Å². The normalized spacial score (nSPS) is 23.7. The lowest BCUT2D eigenvalue weighted by atomic mass is 9.57.